The Bertz CT molecular complexity index is 546. The first-order valence-electron chi connectivity index (χ1n) is 7.70. The summed E-state index contributed by atoms with van der Waals surface area (Å²) in [4.78, 5) is 15.0. The zero-order chi connectivity index (χ0) is 15.2. The van der Waals surface area contributed by atoms with E-state index in [0.29, 0.717) is 11.8 Å². The monoisotopic (exact) mass is 386 g/mol. The van der Waals surface area contributed by atoms with Gasteiger partial charge >= 0.3 is 0 Å². The van der Waals surface area contributed by atoms with Gasteiger partial charge in [-0.15, -0.1) is 12.4 Å². The predicted octanol–water partition coefficient (Wildman–Crippen LogP) is 3.34. The highest BCUT2D eigenvalue weighted by atomic mass is 79.9. The number of carbonyl (C=O) groups excluding carboxylic acids is 1. The van der Waals surface area contributed by atoms with E-state index < -0.39 is 5.41 Å². The number of nitrogens with two attached hydrogens (primary N) is 1. The summed E-state index contributed by atoms with van der Waals surface area (Å²) >= 11 is 3.45. The molecule has 3 unspecified atom stereocenters. The molecule has 1 aromatic rings. The average molecular weight is 388 g/mol. The Morgan fingerprint density at radius 1 is 1.23 bits per heavy atom. The Morgan fingerprint density at radius 3 is 2.45 bits per heavy atom. The number of rotatable bonds is 2. The molecule has 0 radical (unpaired) electrons. The van der Waals surface area contributed by atoms with Crippen molar-refractivity contribution >= 4 is 34.2 Å². The Labute approximate surface area is 147 Å². The van der Waals surface area contributed by atoms with Gasteiger partial charge in [0.15, 0.2) is 0 Å². The van der Waals surface area contributed by atoms with Gasteiger partial charge in [0.2, 0.25) is 5.91 Å². The Morgan fingerprint density at radius 2 is 1.86 bits per heavy atom. The van der Waals surface area contributed by atoms with Crippen LogP contribution in [0, 0.1) is 11.8 Å². The lowest BCUT2D eigenvalue weighted by Gasteiger charge is -2.30. The number of halogens is 2. The minimum absolute atomic E-state index is 0. The molecule has 3 rings (SSSR count). The van der Waals surface area contributed by atoms with Crippen molar-refractivity contribution in [1.29, 1.82) is 0 Å². The van der Waals surface area contributed by atoms with E-state index in [2.05, 4.69) is 15.9 Å². The largest absolute Gasteiger partial charge is 0.341 e. The fourth-order valence-corrected chi connectivity index (χ4v) is 4.12. The van der Waals surface area contributed by atoms with E-state index in [-0.39, 0.29) is 24.4 Å². The quantitative estimate of drug-likeness (QED) is 0.846. The summed E-state index contributed by atoms with van der Waals surface area (Å²) in [6.45, 7) is 5.76. The summed E-state index contributed by atoms with van der Waals surface area (Å²) in [6, 6.07) is 8.34. The zero-order valence-corrected chi connectivity index (χ0v) is 15.5. The van der Waals surface area contributed by atoms with Crippen LogP contribution in [-0.2, 0) is 10.2 Å². The normalized spacial score (nSPS) is 27.5. The van der Waals surface area contributed by atoms with Crippen molar-refractivity contribution in [1.82, 2.24) is 4.90 Å². The number of hydrogen-bond acceptors (Lipinski definition) is 2. The molecule has 1 aromatic carbocycles. The summed E-state index contributed by atoms with van der Waals surface area (Å²) in [5.74, 6) is 1.35. The van der Waals surface area contributed by atoms with E-state index in [0.717, 1.165) is 29.5 Å². The molecule has 1 aliphatic heterocycles. The number of amides is 1. The van der Waals surface area contributed by atoms with Crippen molar-refractivity contribution in [3.63, 3.8) is 0 Å². The number of likely N-dealkylation sites (tertiary alicyclic amines) is 1. The summed E-state index contributed by atoms with van der Waals surface area (Å²) in [5, 5.41) is 0. The lowest BCUT2D eigenvalue weighted by atomic mass is 9.83. The van der Waals surface area contributed by atoms with Crippen LogP contribution in [0.2, 0.25) is 0 Å². The van der Waals surface area contributed by atoms with Crippen LogP contribution in [0.5, 0.6) is 0 Å². The predicted molar refractivity (Wildman–Crippen MR) is 95.2 cm³/mol. The van der Waals surface area contributed by atoms with Crippen molar-refractivity contribution in [3.05, 3.63) is 34.3 Å². The maximum Gasteiger partial charge on any atom is 0.232 e. The standard InChI is InChI=1S/C17H23BrN2O.ClH/c1-17(2,12-4-6-13(18)7-5-12)16(21)20-9-11-3-8-15(19)14(11)10-20;/h4-7,11,14-15H,3,8-10,19H2,1-2H3;1H. The zero-order valence-electron chi connectivity index (χ0n) is 13.1. The van der Waals surface area contributed by atoms with Gasteiger partial charge in [-0.05, 0) is 56.2 Å². The topological polar surface area (TPSA) is 46.3 Å². The van der Waals surface area contributed by atoms with Gasteiger partial charge in [-0.2, -0.15) is 0 Å². The second kappa shape index (κ2) is 6.50. The molecule has 1 saturated carbocycles. The fraction of sp³-hybridized carbons (Fsp3) is 0.588. The first kappa shape index (κ1) is 17.8. The summed E-state index contributed by atoms with van der Waals surface area (Å²) in [5.41, 5.74) is 6.76. The lowest BCUT2D eigenvalue weighted by Crippen LogP contribution is -2.43. The summed E-state index contributed by atoms with van der Waals surface area (Å²) in [6.07, 6.45) is 2.29. The van der Waals surface area contributed by atoms with Crippen LogP contribution < -0.4 is 5.73 Å². The second-order valence-electron chi connectivity index (χ2n) is 7.01. The molecule has 3 nitrogen and oxygen atoms in total. The van der Waals surface area contributed by atoms with Gasteiger partial charge in [-0.3, -0.25) is 4.79 Å². The smallest absolute Gasteiger partial charge is 0.232 e. The van der Waals surface area contributed by atoms with Crippen molar-refractivity contribution in [2.75, 3.05) is 13.1 Å². The van der Waals surface area contributed by atoms with Gasteiger partial charge < -0.3 is 10.6 Å². The van der Waals surface area contributed by atoms with Crippen molar-refractivity contribution in [3.8, 4) is 0 Å². The van der Waals surface area contributed by atoms with Gasteiger partial charge in [0.25, 0.3) is 0 Å². The van der Waals surface area contributed by atoms with Gasteiger partial charge in [0.05, 0.1) is 5.41 Å². The molecule has 1 aliphatic carbocycles. The Balaban J connectivity index is 0.00000176. The maximum absolute atomic E-state index is 13.0. The molecule has 0 spiro atoms. The van der Waals surface area contributed by atoms with E-state index in [1.165, 1.54) is 6.42 Å². The third-order valence-corrected chi connectivity index (χ3v) is 5.83. The van der Waals surface area contributed by atoms with Crippen LogP contribution in [0.4, 0.5) is 0 Å². The van der Waals surface area contributed by atoms with Crippen LogP contribution in [0.25, 0.3) is 0 Å². The molecule has 2 N–H and O–H groups in total. The molecule has 0 bridgehead atoms. The van der Waals surface area contributed by atoms with Gasteiger partial charge in [0, 0.05) is 23.6 Å². The molecule has 2 aliphatic rings. The van der Waals surface area contributed by atoms with Crippen molar-refractivity contribution in [2.24, 2.45) is 17.6 Å². The molecule has 1 amide bonds. The molecule has 0 aromatic heterocycles. The molecular formula is C17H24BrClN2O. The summed E-state index contributed by atoms with van der Waals surface area (Å²) in [7, 11) is 0. The summed E-state index contributed by atoms with van der Waals surface area (Å²) < 4.78 is 1.04. The highest BCUT2D eigenvalue weighted by Crippen LogP contribution is 2.39. The molecule has 122 valence electrons. The molecule has 5 heteroatoms. The molecule has 3 atom stereocenters. The second-order valence-corrected chi connectivity index (χ2v) is 7.92. The highest BCUT2D eigenvalue weighted by Gasteiger charge is 2.45. The van der Waals surface area contributed by atoms with Crippen LogP contribution in [0.3, 0.4) is 0 Å². The number of hydrogen-bond donors (Lipinski definition) is 1. The number of benzene rings is 1. The highest BCUT2D eigenvalue weighted by molar-refractivity contribution is 9.10. The van der Waals surface area contributed by atoms with Crippen molar-refractivity contribution in [2.45, 2.75) is 38.1 Å². The van der Waals surface area contributed by atoms with E-state index in [9.17, 15) is 4.79 Å². The van der Waals surface area contributed by atoms with Gasteiger partial charge in [-0.1, -0.05) is 28.1 Å². The van der Waals surface area contributed by atoms with Crippen LogP contribution in [0.15, 0.2) is 28.7 Å². The van der Waals surface area contributed by atoms with E-state index >= 15 is 0 Å². The average Bonchev–Trinajstić information content (AvgIpc) is 3.01. The lowest BCUT2D eigenvalue weighted by molar-refractivity contribution is -0.135. The first-order valence-corrected chi connectivity index (χ1v) is 8.50. The SMILES string of the molecule is CC(C)(C(=O)N1CC2CCC(N)C2C1)c1ccc(Br)cc1.Cl. The maximum atomic E-state index is 13.0. The van der Waals surface area contributed by atoms with E-state index in [1.807, 2.05) is 43.0 Å². The van der Waals surface area contributed by atoms with Crippen LogP contribution >= 0.6 is 28.3 Å². The molecule has 1 saturated heterocycles. The number of carbonyl (C=O) groups is 1. The first-order chi connectivity index (χ1) is 9.89. The van der Waals surface area contributed by atoms with Crippen LogP contribution in [0.1, 0.15) is 32.3 Å². The van der Waals surface area contributed by atoms with Crippen LogP contribution in [-0.4, -0.2) is 29.9 Å². The van der Waals surface area contributed by atoms with E-state index in [1.54, 1.807) is 0 Å². The Hall–Kier alpha value is -0.580. The molecule has 1 heterocycles. The number of nitrogens with zero attached hydrogens (tertiary/aromatic N) is 1. The third kappa shape index (κ3) is 3.06. The third-order valence-electron chi connectivity index (χ3n) is 5.30. The molecule has 2 fully saturated rings. The van der Waals surface area contributed by atoms with Gasteiger partial charge in [0.1, 0.15) is 0 Å². The minimum atomic E-state index is -0.483. The molecule has 22 heavy (non-hydrogen) atoms. The Kier molecular flexibility index (Phi) is 5.25. The minimum Gasteiger partial charge on any atom is -0.341 e. The van der Waals surface area contributed by atoms with Gasteiger partial charge in [-0.25, -0.2) is 0 Å². The fourth-order valence-electron chi connectivity index (χ4n) is 3.86. The number of fused-ring (bicyclic) bond motifs is 1. The van der Waals surface area contributed by atoms with Crippen molar-refractivity contribution < 1.29 is 4.79 Å². The molecular weight excluding hydrogens is 364 g/mol. The van der Waals surface area contributed by atoms with E-state index in [4.69, 9.17) is 5.73 Å².